The third-order valence-corrected chi connectivity index (χ3v) is 7.03. The molecule has 4 aromatic carbocycles. The summed E-state index contributed by atoms with van der Waals surface area (Å²) in [5, 5.41) is 11.1. The predicted molar refractivity (Wildman–Crippen MR) is 157 cm³/mol. The van der Waals surface area contributed by atoms with Crippen molar-refractivity contribution in [1.29, 1.82) is 0 Å². The second-order valence-corrected chi connectivity index (χ2v) is 10.1. The Kier molecular flexibility index (Phi) is 8.59. The molecule has 0 saturated carbocycles. The molecule has 1 atom stereocenters. The van der Waals surface area contributed by atoms with Gasteiger partial charge in [0.05, 0.1) is 16.5 Å². The fourth-order valence-corrected chi connectivity index (χ4v) is 4.76. The number of nitrogens with zero attached hydrogens (tertiary/aromatic N) is 2. The highest BCUT2D eigenvalue weighted by atomic mass is 35.5. The smallest absolute Gasteiger partial charge is 0.311 e. The lowest BCUT2D eigenvalue weighted by Gasteiger charge is -2.20. The number of carbonyl (C=O) groups excluding carboxylic acids is 4. The summed E-state index contributed by atoms with van der Waals surface area (Å²) in [4.78, 5) is 63.2. The van der Waals surface area contributed by atoms with E-state index in [4.69, 9.17) is 21.1 Å². The molecule has 0 spiro atoms. The second-order valence-electron chi connectivity index (χ2n) is 9.67. The normalized spacial score (nSPS) is 14.3. The highest BCUT2D eigenvalue weighted by molar-refractivity contribution is 6.31. The summed E-state index contributed by atoms with van der Waals surface area (Å²) in [5.74, 6) is -1.87. The highest BCUT2D eigenvalue weighted by Gasteiger charge is 2.38. The van der Waals surface area contributed by atoms with Crippen molar-refractivity contribution in [2.24, 2.45) is 5.92 Å². The quantitative estimate of drug-likeness (QED) is 0.0932. The number of ether oxygens (including phenoxy) is 2. The zero-order chi connectivity index (χ0) is 30.5. The van der Waals surface area contributed by atoms with E-state index in [2.05, 4.69) is 0 Å². The molecular weight excluding hydrogens is 576 g/mol. The Hall–Kier alpha value is -5.35. The number of carbonyl (C=O) groups is 4. The average Bonchev–Trinajstić information content (AvgIpc) is 3.41. The van der Waals surface area contributed by atoms with Crippen molar-refractivity contribution in [3.05, 3.63) is 129 Å². The molecule has 10 nitrogen and oxygen atoms in total. The lowest BCUT2D eigenvalue weighted by atomic mass is 10.0. The maximum Gasteiger partial charge on any atom is 0.311 e. The fraction of sp³-hybridized carbons (Fsp3) is 0.125. The van der Waals surface area contributed by atoms with Gasteiger partial charge in [-0.15, -0.1) is 0 Å². The van der Waals surface area contributed by atoms with E-state index < -0.39 is 29.2 Å². The van der Waals surface area contributed by atoms with E-state index in [0.717, 1.165) is 0 Å². The minimum absolute atomic E-state index is 0.0166. The van der Waals surface area contributed by atoms with Crippen LogP contribution in [0.1, 0.15) is 32.7 Å². The molecule has 0 N–H and O–H groups in total. The van der Waals surface area contributed by atoms with Crippen LogP contribution < -0.4 is 9.64 Å². The third-order valence-electron chi connectivity index (χ3n) is 6.79. The van der Waals surface area contributed by atoms with Gasteiger partial charge >= 0.3 is 5.97 Å². The van der Waals surface area contributed by atoms with Gasteiger partial charge in [0, 0.05) is 46.8 Å². The number of anilines is 1. The summed E-state index contributed by atoms with van der Waals surface area (Å²) in [7, 11) is 0. The van der Waals surface area contributed by atoms with Gasteiger partial charge in [0.1, 0.15) is 11.5 Å². The Morgan fingerprint density at radius 2 is 1.53 bits per heavy atom. The standard InChI is InChI=1S/C32H23ClN2O8/c33-23-8-15-28(27(17-23)31(38)21-4-2-1-3-5-21)34-18-22(16-30(34)37)32(39)42-19-29(36)20-6-11-25(12-7-20)43-26-13-9-24(10-14-26)35(40)41/h1-15,17,22H,16,18-19H2/t22-/m0/s1. The number of amides is 1. The first kappa shape index (κ1) is 29.2. The first-order valence-corrected chi connectivity index (χ1v) is 13.5. The first-order valence-electron chi connectivity index (χ1n) is 13.1. The number of nitro benzene ring substituents is 1. The van der Waals surface area contributed by atoms with Gasteiger partial charge in [-0.2, -0.15) is 0 Å². The van der Waals surface area contributed by atoms with Crippen molar-refractivity contribution in [2.45, 2.75) is 6.42 Å². The molecule has 0 bridgehead atoms. The molecule has 4 aromatic rings. The van der Waals surface area contributed by atoms with Crippen LogP contribution in [0.4, 0.5) is 11.4 Å². The number of halogens is 1. The Labute approximate surface area is 250 Å². The Morgan fingerprint density at radius 3 is 2.19 bits per heavy atom. The minimum Gasteiger partial charge on any atom is -0.457 e. The number of non-ortho nitro benzene ring substituents is 1. The van der Waals surface area contributed by atoms with Crippen molar-refractivity contribution in [3.63, 3.8) is 0 Å². The molecule has 5 rings (SSSR count). The predicted octanol–water partition coefficient (Wildman–Crippen LogP) is 6.05. The summed E-state index contributed by atoms with van der Waals surface area (Å²) >= 11 is 6.16. The molecule has 0 aliphatic carbocycles. The van der Waals surface area contributed by atoms with Crippen LogP contribution in [0.15, 0.2) is 97.1 Å². The second kappa shape index (κ2) is 12.7. The lowest BCUT2D eigenvalue weighted by Crippen LogP contribution is -2.28. The summed E-state index contributed by atoms with van der Waals surface area (Å²) in [5.41, 5.74) is 1.21. The van der Waals surface area contributed by atoms with E-state index in [0.29, 0.717) is 27.8 Å². The van der Waals surface area contributed by atoms with Crippen LogP contribution in [0.5, 0.6) is 11.5 Å². The Morgan fingerprint density at radius 1 is 0.884 bits per heavy atom. The SMILES string of the molecule is O=C(COC(=O)[C@H]1CC(=O)N(c2ccc(Cl)cc2C(=O)c2ccccc2)C1)c1ccc(Oc2ccc([N+](=O)[O-])cc2)cc1. The maximum atomic E-state index is 13.2. The minimum atomic E-state index is -0.826. The van der Waals surface area contributed by atoms with Crippen molar-refractivity contribution >= 4 is 46.4 Å². The number of ketones is 2. The van der Waals surface area contributed by atoms with Gasteiger partial charge in [0.2, 0.25) is 5.91 Å². The van der Waals surface area contributed by atoms with E-state index in [1.54, 1.807) is 54.6 Å². The molecule has 1 fully saturated rings. The lowest BCUT2D eigenvalue weighted by molar-refractivity contribution is -0.384. The third kappa shape index (κ3) is 6.77. The monoisotopic (exact) mass is 598 g/mol. The van der Waals surface area contributed by atoms with E-state index in [-0.39, 0.29) is 41.5 Å². The van der Waals surface area contributed by atoms with Crippen molar-refractivity contribution in [1.82, 2.24) is 0 Å². The number of rotatable bonds is 10. The molecule has 1 heterocycles. The van der Waals surface area contributed by atoms with Crippen LogP contribution in [0.2, 0.25) is 5.02 Å². The average molecular weight is 599 g/mol. The molecule has 11 heteroatoms. The van der Waals surface area contributed by atoms with Gasteiger partial charge in [-0.25, -0.2) is 0 Å². The fourth-order valence-electron chi connectivity index (χ4n) is 4.59. The molecule has 1 amide bonds. The van der Waals surface area contributed by atoms with Crippen LogP contribution in [-0.4, -0.2) is 41.5 Å². The van der Waals surface area contributed by atoms with Gasteiger partial charge in [-0.1, -0.05) is 41.9 Å². The molecule has 43 heavy (non-hydrogen) atoms. The van der Waals surface area contributed by atoms with E-state index >= 15 is 0 Å². The Balaban J connectivity index is 1.19. The first-order chi connectivity index (χ1) is 20.7. The number of Topliss-reactive ketones (excluding diaryl/α,β-unsaturated/α-hetero) is 1. The highest BCUT2D eigenvalue weighted by Crippen LogP contribution is 2.32. The number of hydrogen-bond acceptors (Lipinski definition) is 8. The molecule has 1 aliphatic heterocycles. The van der Waals surface area contributed by atoms with E-state index in [1.165, 1.54) is 47.4 Å². The summed E-state index contributed by atoms with van der Waals surface area (Å²) in [6.45, 7) is -0.540. The molecule has 1 aliphatic rings. The maximum absolute atomic E-state index is 13.2. The summed E-state index contributed by atoms with van der Waals surface area (Å²) < 4.78 is 10.9. The van der Waals surface area contributed by atoms with Crippen molar-refractivity contribution < 1.29 is 33.6 Å². The van der Waals surface area contributed by atoms with Gasteiger partial charge in [0.15, 0.2) is 18.2 Å². The number of hydrogen-bond donors (Lipinski definition) is 0. The van der Waals surface area contributed by atoms with Gasteiger partial charge in [0.25, 0.3) is 5.69 Å². The summed E-state index contributed by atoms with van der Waals surface area (Å²) in [6, 6.07) is 24.9. The molecule has 0 aromatic heterocycles. The van der Waals surface area contributed by atoms with Gasteiger partial charge < -0.3 is 14.4 Å². The van der Waals surface area contributed by atoms with Crippen LogP contribution in [0.3, 0.4) is 0 Å². The number of esters is 1. The van der Waals surface area contributed by atoms with Crippen LogP contribution in [0.25, 0.3) is 0 Å². The molecule has 0 radical (unpaired) electrons. The molecule has 0 unspecified atom stereocenters. The van der Waals surface area contributed by atoms with E-state index in [9.17, 15) is 29.3 Å². The molecule has 1 saturated heterocycles. The summed E-state index contributed by atoms with van der Waals surface area (Å²) in [6.07, 6.45) is -0.136. The number of nitro groups is 1. The van der Waals surface area contributed by atoms with Crippen LogP contribution in [-0.2, 0) is 14.3 Å². The zero-order valence-corrected chi connectivity index (χ0v) is 23.2. The van der Waals surface area contributed by atoms with Crippen LogP contribution in [0, 0.1) is 16.0 Å². The largest absolute Gasteiger partial charge is 0.457 e. The van der Waals surface area contributed by atoms with E-state index in [1.807, 2.05) is 0 Å². The molecular formula is C32H23ClN2O8. The van der Waals surface area contributed by atoms with Crippen molar-refractivity contribution in [2.75, 3.05) is 18.1 Å². The zero-order valence-electron chi connectivity index (χ0n) is 22.5. The van der Waals surface area contributed by atoms with Gasteiger partial charge in [-0.3, -0.25) is 29.3 Å². The number of benzene rings is 4. The van der Waals surface area contributed by atoms with Gasteiger partial charge in [-0.05, 0) is 54.6 Å². The molecule has 216 valence electrons. The topological polar surface area (TPSA) is 133 Å². The Bertz CT molecular complexity index is 1710. The van der Waals surface area contributed by atoms with Crippen LogP contribution >= 0.6 is 11.6 Å². The van der Waals surface area contributed by atoms with Crippen molar-refractivity contribution in [3.8, 4) is 11.5 Å².